The Kier molecular flexibility index (Phi) is 9.08. The predicted octanol–water partition coefficient (Wildman–Crippen LogP) is -1.14. The fourth-order valence-corrected chi connectivity index (χ4v) is 2.16. The molecule has 138 valence electrons. The smallest absolute Gasteiger partial charge is 0.322 e. The first-order valence-corrected chi connectivity index (χ1v) is 7.88. The summed E-state index contributed by atoms with van der Waals surface area (Å²) in [5, 5.41) is 23.7. The van der Waals surface area contributed by atoms with Crippen LogP contribution in [0.3, 0.4) is 0 Å². The minimum atomic E-state index is -1.61. The van der Waals surface area contributed by atoms with Gasteiger partial charge in [-0.15, -0.1) is 6.42 Å². The molecule has 10 nitrogen and oxygen atoms in total. The summed E-state index contributed by atoms with van der Waals surface area (Å²) < 4.78 is 0. The summed E-state index contributed by atoms with van der Waals surface area (Å²) in [6.45, 7) is 1.53. The third-order valence-electron chi connectivity index (χ3n) is 2.82. The van der Waals surface area contributed by atoms with Crippen LogP contribution in [0.25, 0.3) is 0 Å². The number of carboxylic acids is 2. The lowest BCUT2D eigenvalue weighted by Crippen LogP contribution is -2.61. The molecular weight excluding hydrogens is 354 g/mol. The number of hydrogen-bond acceptors (Lipinski definition) is 6. The van der Waals surface area contributed by atoms with E-state index in [1.165, 1.54) is 13.8 Å². The second-order valence-electron chi connectivity index (χ2n) is 5.08. The van der Waals surface area contributed by atoms with E-state index in [2.05, 4.69) is 16.0 Å². The molecule has 0 spiro atoms. The van der Waals surface area contributed by atoms with Gasteiger partial charge in [0.05, 0.1) is 0 Å². The van der Waals surface area contributed by atoms with E-state index in [9.17, 15) is 24.0 Å². The van der Waals surface area contributed by atoms with Crippen LogP contribution in [0.5, 0.6) is 0 Å². The topological polar surface area (TPSA) is 162 Å². The highest BCUT2D eigenvalue weighted by Crippen LogP contribution is 2.14. The van der Waals surface area contributed by atoms with Gasteiger partial charge in [0, 0.05) is 19.2 Å². The molecule has 0 aromatic carbocycles. The number of aliphatic carboxylic acids is 2. The molecule has 0 aromatic heterocycles. The van der Waals surface area contributed by atoms with Gasteiger partial charge in [0.1, 0.15) is 18.0 Å². The van der Waals surface area contributed by atoms with Gasteiger partial charge in [0.2, 0.25) is 5.91 Å². The maximum atomic E-state index is 12.2. The highest BCUT2D eigenvalue weighted by Gasteiger charge is 2.36. The Hall–Kier alpha value is -2.74. The molecule has 1 unspecified atom stereocenters. The number of thioether (sulfide) groups is 1. The van der Waals surface area contributed by atoms with Crippen LogP contribution in [0, 0.1) is 18.3 Å². The van der Waals surface area contributed by atoms with E-state index in [4.69, 9.17) is 16.6 Å². The second kappa shape index (κ2) is 10.2. The van der Waals surface area contributed by atoms with Crippen molar-refractivity contribution < 1.29 is 34.2 Å². The Morgan fingerprint density at radius 3 is 2.24 bits per heavy atom. The van der Waals surface area contributed by atoms with E-state index in [0.29, 0.717) is 0 Å². The van der Waals surface area contributed by atoms with Crippen LogP contribution >= 0.6 is 11.8 Å². The van der Waals surface area contributed by atoms with E-state index >= 15 is 0 Å². The minimum Gasteiger partial charge on any atom is -0.480 e. The lowest BCUT2D eigenvalue weighted by atomic mass is 10.0. The van der Waals surface area contributed by atoms with Gasteiger partial charge >= 0.3 is 18.0 Å². The lowest BCUT2D eigenvalue weighted by molar-refractivity contribution is -0.139. The van der Waals surface area contributed by atoms with Gasteiger partial charge in [-0.2, -0.15) is 0 Å². The molecule has 3 amide bonds. The zero-order chi connectivity index (χ0) is 19.6. The van der Waals surface area contributed by atoms with Crippen molar-refractivity contribution in [2.24, 2.45) is 5.92 Å². The van der Waals surface area contributed by atoms with Gasteiger partial charge in [0.25, 0.3) is 0 Å². The molecule has 2 atom stereocenters. The summed E-state index contributed by atoms with van der Waals surface area (Å²) in [5.74, 6) is -2.81. The average Bonchev–Trinajstić information content (AvgIpc) is 2.50. The minimum absolute atomic E-state index is 0.154. The van der Waals surface area contributed by atoms with Crippen LogP contribution in [-0.4, -0.2) is 63.6 Å². The number of carbonyl (C=O) groups excluding carboxylic acids is 3. The monoisotopic (exact) mass is 373 g/mol. The molecule has 0 fully saturated rings. The molecule has 5 N–H and O–H groups in total. The zero-order valence-corrected chi connectivity index (χ0v) is 14.4. The van der Waals surface area contributed by atoms with E-state index in [-0.39, 0.29) is 17.4 Å². The van der Waals surface area contributed by atoms with Gasteiger partial charge in [0.15, 0.2) is 5.12 Å². The van der Waals surface area contributed by atoms with Crippen LogP contribution in [0.15, 0.2) is 0 Å². The molecule has 0 aromatic rings. The van der Waals surface area contributed by atoms with Crippen LogP contribution in [0.4, 0.5) is 4.79 Å². The van der Waals surface area contributed by atoms with Crippen molar-refractivity contribution in [1.82, 2.24) is 16.0 Å². The van der Waals surface area contributed by atoms with Crippen LogP contribution in [0.2, 0.25) is 0 Å². The fourth-order valence-electron chi connectivity index (χ4n) is 1.46. The third-order valence-corrected chi connectivity index (χ3v) is 3.95. The first-order valence-electron chi connectivity index (χ1n) is 6.90. The summed E-state index contributed by atoms with van der Waals surface area (Å²) in [5.41, 5.74) is -1.61. The Bertz CT molecular complexity index is 602. The Morgan fingerprint density at radius 2 is 1.80 bits per heavy atom. The molecule has 11 heteroatoms. The molecule has 0 aliphatic heterocycles. The zero-order valence-electron chi connectivity index (χ0n) is 13.6. The SMILES string of the molecule is C#C[C@@H](CNC(=O)NC(C)(CSC(C)=O)C(=O)NCC(=O)O)C(=O)O. The van der Waals surface area contributed by atoms with Gasteiger partial charge in [-0.25, -0.2) is 4.79 Å². The van der Waals surface area contributed by atoms with Gasteiger partial charge in [-0.1, -0.05) is 17.7 Å². The normalized spacial score (nSPS) is 13.5. The molecule has 0 saturated carbocycles. The van der Waals surface area contributed by atoms with E-state index < -0.39 is 41.9 Å². The molecule has 0 heterocycles. The molecule has 25 heavy (non-hydrogen) atoms. The number of nitrogens with one attached hydrogen (secondary N) is 3. The number of terminal acetylenes is 1. The first-order chi connectivity index (χ1) is 11.5. The summed E-state index contributed by atoms with van der Waals surface area (Å²) >= 11 is 0.760. The van der Waals surface area contributed by atoms with Gasteiger partial charge < -0.3 is 26.2 Å². The number of hydrogen-bond donors (Lipinski definition) is 5. The summed E-state index contributed by atoms with van der Waals surface area (Å²) in [4.78, 5) is 56.5. The molecule has 0 aliphatic rings. The number of amides is 3. The molecule has 0 rings (SSSR count). The predicted molar refractivity (Wildman–Crippen MR) is 88.7 cm³/mol. The average molecular weight is 373 g/mol. The van der Waals surface area contributed by atoms with E-state index in [1.54, 1.807) is 0 Å². The second-order valence-corrected chi connectivity index (χ2v) is 6.23. The number of carbonyl (C=O) groups is 5. The van der Waals surface area contributed by atoms with Crippen LogP contribution in [-0.2, 0) is 19.2 Å². The third kappa shape index (κ3) is 8.61. The molecule has 0 bridgehead atoms. The van der Waals surface area contributed by atoms with Gasteiger partial charge in [-0.05, 0) is 6.92 Å². The summed E-state index contributed by atoms with van der Waals surface area (Å²) in [6.07, 6.45) is 5.02. The van der Waals surface area contributed by atoms with Crippen LogP contribution < -0.4 is 16.0 Å². The highest BCUT2D eigenvalue weighted by molar-refractivity contribution is 8.13. The van der Waals surface area contributed by atoms with Crippen molar-refractivity contribution in [2.75, 3.05) is 18.8 Å². The standard InChI is InChI=1S/C14H19N3O7S/c1-4-9(11(21)22)5-16-13(24)17-14(3,7-25-8(2)18)12(23)15-6-10(19)20/h1,9H,5-7H2,2-3H3,(H,15,23)(H,19,20)(H,21,22)(H2,16,17,24)/t9-,14?/m0/s1. The maximum Gasteiger partial charge on any atom is 0.322 e. The molecule has 0 radical (unpaired) electrons. The number of urea groups is 1. The van der Waals surface area contributed by atoms with Crippen molar-refractivity contribution in [2.45, 2.75) is 19.4 Å². The Labute approximate surface area is 148 Å². The molecule has 0 aliphatic carbocycles. The van der Waals surface area contributed by atoms with E-state index in [1.807, 2.05) is 5.92 Å². The summed E-state index contributed by atoms with van der Waals surface area (Å²) in [6, 6.07) is -0.890. The first kappa shape index (κ1) is 22.3. The number of rotatable bonds is 9. The lowest BCUT2D eigenvalue weighted by Gasteiger charge is -2.28. The van der Waals surface area contributed by atoms with Crippen molar-refractivity contribution in [3.05, 3.63) is 0 Å². The Morgan fingerprint density at radius 1 is 1.20 bits per heavy atom. The van der Waals surface area contributed by atoms with Crippen molar-refractivity contribution >= 4 is 40.8 Å². The largest absolute Gasteiger partial charge is 0.480 e. The molecular formula is C14H19N3O7S. The maximum absolute atomic E-state index is 12.2. The van der Waals surface area contributed by atoms with Crippen molar-refractivity contribution in [3.63, 3.8) is 0 Å². The highest BCUT2D eigenvalue weighted by atomic mass is 32.2. The fraction of sp³-hybridized carbons (Fsp3) is 0.500. The Balaban J connectivity index is 4.97. The van der Waals surface area contributed by atoms with E-state index in [0.717, 1.165) is 11.8 Å². The summed E-state index contributed by atoms with van der Waals surface area (Å²) in [7, 11) is 0. The quantitative estimate of drug-likeness (QED) is 0.317. The van der Waals surface area contributed by atoms with Crippen molar-refractivity contribution in [1.29, 1.82) is 0 Å². The van der Waals surface area contributed by atoms with Crippen LogP contribution in [0.1, 0.15) is 13.8 Å². The number of carboxylic acid groups (broad SMARTS) is 2. The van der Waals surface area contributed by atoms with Gasteiger partial charge in [-0.3, -0.25) is 19.2 Å². The van der Waals surface area contributed by atoms with Crippen molar-refractivity contribution in [3.8, 4) is 12.3 Å². The molecule has 0 saturated heterocycles.